The first-order valence-corrected chi connectivity index (χ1v) is 6.76. The lowest BCUT2D eigenvalue weighted by Gasteiger charge is -1.94. The smallest absolute Gasteiger partial charge is 0.137 e. The van der Waals surface area contributed by atoms with Gasteiger partial charge in [-0.1, -0.05) is 27.2 Å². The Bertz CT molecular complexity index is 685. The lowest BCUT2D eigenvalue weighted by Crippen LogP contribution is -2.00. The van der Waals surface area contributed by atoms with Crippen LogP contribution >= 0.6 is 15.9 Å². The van der Waals surface area contributed by atoms with Gasteiger partial charge in [0.2, 0.25) is 0 Å². The van der Waals surface area contributed by atoms with Crippen LogP contribution in [-0.4, -0.2) is 24.4 Å². The van der Waals surface area contributed by atoms with E-state index >= 15 is 0 Å². The highest BCUT2D eigenvalue weighted by molar-refractivity contribution is 9.08. The largest absolute Gasteiger partial charge is 0.306 e. The van der Waals surface area contributed by atoms with Gasteiger partial charge in [0.25, 0.3) is 0 Å². The molecule has 0 aliphatic rings. The van der Waals surface area contributed by atoms with Crippen molar-refractivity contribution in [3.63, 3.8) is 0 Å². The van der Waals surface area contributed by atoms with E-state index in [9.17, 15) is 0 Å². The minimum atomic E-state index is 0.640. The molecule has 5 nitrogen and oxygen atoms in total. The number of halogens is 1. The summed E-state index contributed by atoms with van der Waals surface area (Å²) >= 11 is 3.36. The molecule has 0 radical (unpaired) electrons. The molecule has 0 bridgehead atoms. The van der Waals surface area contributed by atoms with Crippen LogP contribution < -0.4 is 0 Å². The maximum absolute atomic E-state index is 4.55. The number of aromatic nitrogens is 5. The summed E-state index contributed by atoms with van der Waals surface area (Å²) in [7, 11) is 0. The molecule has 0 unspecified atom stereocenters. The molecular weight excluding hydrogens is 294 g/mol. The zero-order chi connectivity index (χ0) is 12.5. The summed E-state index contributed by atoms with van der Waals surface area (Å²) < 4.78 is 3.83. The quantitative estimate of drug-likeness (QED) is 0.697. The van der Waals surface area contributed by atoms with Gasteiger partial charge in [0.15, 0.2) is 0 Å². The molecule has 3 aromatic rings. The fraction of sp³-hybridized carbons (Fsp3) is 0.250. The first-order valence-electron chi connectivity index (χ1n) is 5.64. The molecule has 0 aliphatic carbocycles. The van der Waals surface area contributed by atoms with Gasteiger partial charge in [-0.05, 0) is 18.6 Å². The first-order chi connectivity index (χ1) is 8.74. The summed E-state index contributed by atoms with van der Waals surface area (Å²) in [4.78, 5) is 4.55. The van der Waals surface area contributed by atoms with E-state index in [0.717, 1.165) is 22.4 Å². The second-order valence-electron chi connectivity index (χ2n) is 4.25. The van der Waals surface area contributed by atoms with Crippen LogP contribution in [0.15, 0.2) is 30.7 Å². The molecule has 18 heavy (non-hydrogen) atoms. The molecule has 0 fully saturated rings. The molecule has 0 atom stereocenters. The van der Waals surface area contributed by atoms with Crippen molar-refractivity contribution in [2.75, 3.05) is 0 Å². The molecule has 0 amide bonds. The summed E-state index contributed by atoms with van der Waals surface area (Å²) in [5.41, 5.74) is 4.08. The Kier molecular flexibility index (Phi) is 2.87. The van der Waals surface area contributed by atoms with Crippen LogP contribution in [0.4, 0.5) is 0 Å². The zero-order valence-electron chi connectivity index (χ0n) is 9.91. The molecule has 3 aromatic heterocycles. The van der Waals surface area contributed by atoms with Crippen molar-refractivity contribution < 1.29 is 0 Å². The van der Waals surface area contributed by atoms with Gasteiger partial charge in [0.1, 0.15) is 5.65 Å². The Morgan fingerprint density at radius 3 is 2.83 bits per heavy atom. The number of imidazole rings is 1. The van der Waals surface area contributed by atoms with E-state index in [1.54, 1.807) is 4.68 Å². The van der Waals surface area contributed by atoms with Crippen LogP contribution in [-0.2, 0) is 11.9 Å². The van der Waals surface area contributed by atoms with E-state index in [1.807, 2.05) is 22.9 Å². The van der Waals surface area contributed by atoms with Crippen LogP contribution in [0.5, 0.6) is 0 Å². The van der Waals surface area contributed by atoms with Crippen molar-refractivity contribution in [2.45, 2.75) is 18.8 Å². The predicted octanol–water partition coefficient (Wildman–Crippen LogP) is 2.18. The minimum Gasteiger partial charge on any atom is -0.306 e. The standard InChI is InChI=1S/C12H12BrN5/c1-9-2-3-12-14-11(6-17(12)5-9)8-18-7-10(4-13)15-16-18/h2-3,5-7H,4,8H2,1H3. The lowest BCUT2D eigenvalue weighted by atomic mass is 10.3. The number of fused-ring (bicyclic) bond motifs is 1. The van der Waals surface area contributed by atoms with Crippen molar-refractivity contribution in [1.82, 2.24) is 24.4 Å². The Labute approximate surface area is 113 Å². The van der Waals surface area contributed by atoms with Gasteiger partial charge in [-0.3, -0.25) is 0 Å². The highest BCUT2D eigenvalue weighted by atomic mass is 79.9. The maximum atomic E-state index is 4.55. The molecule has 0 N–H and O–H groups in total. The Morgan fingerprint density at radius 2 is 2.06 bits per heavy atom. The predicted molar refractivity (Wildman–Crippen MR) is 71.7 cm³/mol. The third-order valence-corrected chi connectivity index (χ3v) is 3.27. The van der Waals surface area contributed by atoms with Gasteiger partial charge in [0.05, 0.1) is 17.9 Å². The summed E-state index contributed by atoms with van der Waals surface area (Å²) in [5, 5.41) is 8.81. The van der Waals surface area contributed by atoms with Crippen molar-refractivity contribution in [2.24, 2.45) is 0 Å². The van der Waals surface area contributed by atoms with Gasteiger partial charge >= 0.3 is 0 Å². The van der Waals surface area contributed by atoms with Gasteiger partial charge in [-0.2, -0.15) is 0 Å². The summed E-state index contributed by atoms with van der Waals surface area (Å²) in [6, 6.07) is 4.08. The number of hydrogen-bond donors (Lipinski definition) is 0. The number of pyridine rings is 1. The Balaban J connectivity index is 1.90. The molecule has 0 spiro atoms. The fourth-order valence-electron chi connectivity index (χ4n) is 1.87. The zero-order valence-corrected chi connectivity index (χ0v) is 11.5. The van der Waals surface area contributed by atoms with Crippen molar-refractivity contribution >= 4 is 21.6 Å². The van der Waals surface area contributed by atoms with Gasteiger partial charge < -0.3 is 4.40 Å². The average Bonchev–Trinajstić information content (AvgIpc) is 2.95. The monoisotopic (exact) mass is 305 g/mol. The lowest BCUT2D eigenvalue weighted by molar-refractivity contribution is 0.641. The Hall–Kier alpha value is -1.69. The van der Waals surface area contributed by atoms with Crippen molar-refractivity contribution in [1.29, 1.82) is 0 Å². The number of rotatable bonds is 3. The number of nitrogens with zero attached hydrogens (tertiary/aromatic N) is 5. The third-order valence-electron chi connectivity index (χ3n) is 2.70. The second-order valence-corrected chi connectivity index (χ2v) is 4.81. The third kappa shape index (κ3) is 2.15. The summed E-state index contributed by atoms with van der Waals surface area (Å²) in [5.74, 6) is 0. The van der Waals surface area contributed by atoms with Gasteiger partial charge in [-0.25, -0.2) is 9.67 Å². The van der Waals surface area contributed by atoms with E-state index in [4.69, 9.17) is 0 Å². The fourth-order valence-corrected chi connectivity index (χ4v) is 2.13. The molecule has 0 aliphatic heterocycles. The van der Waals surface area contributed by atoms with Crippen LogP contribution in [0.25, 0.3) is 5.65 Å². The molecule has 3 rings (SSSR count). The van der Waals surface area contributed by atoms with Crippen LogP contribution in [0.1, 0.15) is 17.0 Å². The molecule has 0 saturated heterocycles. The number of hydrogen-bond acceptors (Lipinski definition) is 3. The second kappa shape index (κ2) is 4.53. The maximum Gasteiger partial charge on any atom is 0.137 e. The van der Waals surface area contributed by atoms with E-state index in [0.29, 0.717) is 6.54 Å². The van der Waals surface area contributed by atoms with Crippen molar-refractivity contribution in [3.05, 3.63) is 47.7 Å². The van der Waals surface area contributed by atoms with E-state index < -0.39 is 0 Å². The minimum absolute atomic E-state index is 0.640. The highest BCUT2D eigenvalue weighted by Gasteiger charge is 2.04. The summed E-state index contributed by atoms with van der Waals surface area (Å²) in [6.07, 6.45) is 6.01. The van der Waals surface area contributed by atoms with Gasteiger partial charge in [0, 0.05) is 23.9 Å². The summed E-state index contributed by atoms with van der Waals surface area (Å²) in [6.45, 7) is 2.71. The first kappa shape index (κ1) is 11.4. The molecular formula is C12H12BrN5. The molecule has 3 heterocycles. The molecule has 0 aromatic carbocycles. The molecule has 0 saturated carbocycles. The van der Waals surface area contributed by atoms with Crippen molar-refractivity contribution in [3.8, 4) is 0 Å². The van der Waals surface area contributed by atoms with Crippen LogP contribution in [0.3, 0.4) is 0 Å². The highest BCUT2D eigenvalue weighted by Crippen LogP contribution is 2.09. The normalized spacial score (nSPS) is 11.2. The number of aryl methyl sites for hydroxylation is 1. The van der Waals surface area contributed by atoms with Crippen LogP contribution in [0, 0.1) is 6.92 Å². The van der Waals surface area contributed by atoms with Gasteiger partial charge in [-0.15, -0.1) is 5.10 Å². The SMILES string of the molecule is Cc1ccc2nc(Cn3cc(CBr)nn3)cn2c1. The van der Waals surface area contributed by atoms with Crippen LogP contribution in [0.2, 0.25) is 0 Å². The Morgan fingerprint density at radius 1 is 1.17 bits per heavy atom. The topological polar surface area (TPSA) is 48.0 Å². The van der Waals surface area contributed by atoms with E-state index in [2.05, 4.69) is 50.4 Å². The van der Waals surface area contributed by atoms with E-state index in [1.165, 1.54) is 5.56 Å². The average molecular weight is 306 g/mol. The van der Waals surface area contributed by atoms with E-state index in [-0.39, 0.29) is 0 Å². The molecule has 6 heteroatoms. The number of alkyl halides is 1. The molecule has 92 valence electrons.